The normalized spacial score (nSPS) is 18.8. The molecule has 2 N–H and O–H groups in total. The third kappa shape index (κ3) is 2.99. The van der Waals surface area contributed by atoms with E-state index in [0.29, 0.717) is 24.5 Å². The van der Waals surface area contributed by atoms with Gasteiger partial charge in [0.2, 0.25) is 5.91 Å². The van der Waals surface area contributed by atoms with Crippen LogP contribution in [-0.4, -0.2) is 30.2 Å². The third-order valence-electron chi connectivity index (χ3n) is 3.71. The monoisotopic (exact) mass is 277 g/mol. The van der Waals surface area contributed by atoms with E-state index in [0.717, 1.165) is 6.42 Å². The highest BCUT2D eigenvalue weighted by Crippen LogP contribution is 2.25. The van der Waals surface area contributed by atoms with E-state index in [4.69, 9.17) is 9.84 Å². The second-order valence-corrected chi connectivity index (χ2v) is 5.56. The van der Waals surface area contributed by atoms with Crippen molar-refractivity contribution < 1.29 is 19.4 Å². The topological polar surface area (TPSA) is 75.6 Å². The molecule has 5 nitrogen and oxygen atoms in total. The van der Waals surface area contributed by atoms with Gasteiger partial charge in [-0.2, -0.15) is 0 Å². The summed E-state index contributed by atoms with van der Waals surface area (Å²) in [5.41, 5.74) is 0.431. The first kappa shape index (κ1) is 14.5. The smallest absolute Gasteiger partial charge is 0.313 e. The Bertz CT molecular complexity index is 501. The average molecular weight is 277 g/mol. The summed E-state index contributed by atoms with van der Waals surface area (Å²) >= 11 is 0. The summed E-state index contributed by atoms with van der Waals surface area (Å²) in [7, 11) is 0. The fourth-order valence-corrected chi connectivity index (χ4v) is 2.08. The van der Waals surface area contributed by atoms with Gasteiger partial charge < -0.3 is 15.2 Å². The molecule has 20 heavy (non-hydrogen) atoms. The Morgan fingerprint density at radius 2 is 1.95 bits per heavy atom. The molecular weight excluding hydrogens is 258 g/mol. The molecule has 0 radical (unpaired) electrons. The van der Waals surface area contributed by atoms with Crippen LogP contribution in [0.5, 0.6) is 0 Å². The number of ether oxygens (including phenoxy) is 1. The van der Waals surface area contributed by atoms with Crippen molar-refractivity contribution in [1.29, 1.82) is 0 Å². The van der Waals surface area contributed by atoms with Gasteiger partial charge in [-0.05, 0) is 38.0 Å². The standard InChI is InChI=1S/C15H19NO4/c1-15(2,14(18)19)11-3-5-12(6-4-11)16-13(17)10-7-8-20-9-10/h3-6,10H,7-9H2,1-2H3,(H,16,17)(H,18,19). The molecule has 1 aliphatic heterocycles. The molecule has 0 spiro atoms. The molecule has 0 bridgehead atoms. The highest BCUT2D eigenvalue weighted by Gasteiger charge is 2.29. The van der Waals surface area contributed by atoms with Crippen LogP contribution in [-0.2, 0) is 19.7 Å². The number of anilines is 1. The zero-order chi connectivity index (χ0) is 14.8. The van der Waals surface area contributed by atoms with E-state index in [1.165, 1.54) is 0 Å². The van der Waals surface area contributed by atoms with Gasteiger partial charge in [-0.3, -0.25) is 9.59 Å². The van der Waals surface area contributed by atoms with Crippen molar-refractivity contribution in [3.63, 3.8) is 0 Å². The lowest BCUT2D eigenvalue weighted by molar-refractivity contribution is -0.142. The molecule has 1 aromatic carbocycles. The first-order chi connectivity index (χ1) is 9.41. The largest absolute Gasteiger partial charge is 0.481 e. The van der Waals surface area contributed by atoms with Gasteiger partial charge in [0.25, 0.3) is 0 Å². The molecule has 1 saturated heterocycles. The van der Waals surface area contributed by atoms with Crippen molar-refractivity contribution in [2.45, 2.75) is 25.7 Å². The summed E-state index contributed by atoms with van der Waals surface area (Å²) in [5, 5.41) is 12.0. The van der Waals surface area contributed by atoms with Gasteiger partial charge in [-0.15, -0.1) is 0 Å². The number of carbonyl (C=O) groups is 2. The minimum absolute atomic E-state index is 0.0484. The first-order valence-corrected chi connectivity index (χ1v) is 6.64. The summed E-state index contributed by atoms with van der Waals surface area (Å²) in [5.74, 6) is -1.02. The van der Waals surface area contributed by atoms with Gasteiger partial charge >= 0.3 is 5.97 Å². The molecule has 1 unspecified atom stereocenters. The van der Waals surface area contributed by atoms with Crippen molar-refractivity contribution in [3.05, 3.63) is 29.8 Å². The summed E-state index contributed by atoms with van der Waals surface area (Å²) in [6.07, 6.45) is 0.746. The summed E-state index contributed by atoms with van der Waals surface area (Å²) < 4.78 is 5.18. The minimum atomic E-state index is -0.943. The molecule has 1 amide bonds. The van der Waals surface area contributed by atoms with Crippen molar-refractivity contribution >= 4 is 17.6 Å². The predicted molar refractivity (Wildman–Crippen MR) is 74.7 cm³/mol. The lowest BCUT2D eigenvalue weighted by atomic mass is 9.85. The van der Waals surface area contributed by atoms with Crippen LogP contribution in [0.2, 0.25) is 0 Å². The zero-order valence-corrected chi connectivity index (χ0v) is 11.7. The van der Waals surface area contributed by atoms with Crippen LogP contribution in [0.15, 0.2) is 24.3 Å². The Hall–Kier alpha value is -1.88. The Kier molecular flexibility index (Phi) is 4.09. The van der Waals surface area contributed by atoms with Gasteiger partial charge in [0.15, 0.2) is 0 Å². The molecule has 1 atom stereocenters. The number of nitrogens with one attached hydrogen (secondary N) is 1. The maximum atomic E-state index is 11.9. The predicted octanol–water partition coefficient (Wildman–Crippen LogP) is 2.02. The Morgan fingerprint density at radius 1 is 1.30 bits per heavy atom. The molecule has 0 saturated carbocycles. The minimum Gasteiger partial charge on any atom is -0.481 e. The molecule has 108 valence electrons. The second-order valence-electron chi connectivity index (χ2n) is 5.56. The van der Waals surface area contributed by atoms with Crippen molar-refractivity contribution in [2.75, 3.05) is 18.5 Å². The van der Waals surface area contributed by atoms with Crippen LogP contribution in [0.4, 0.5) is 5.69 Å². The van der Waals surface area contributed by atoms with E-state index in [2.05, 4.69) is 5.32 Å². The van der Waals surface area contributed by atoms with Crippen LogP contribution < -0.4 is 5.32 Å². The molecule has 5 heteroatoms. The number of carboxylic acids is 1. The average Bonchev–Trinajstić information content (AvgIpc) is 2.93. The molecule has 1 fully saturated rings. The molecule has 0 aromatic heterocycles. The molecular formula is C15H19NO4. The van der Waals surface area contributed by atoms with Crippen molar-refractivity contribution in [1.82, 2.24) is 0 Å². The lowest BCUT2D eigenvalue weighted by Crippen LogP contribution is -2.28. The quantitative estimate of drug-likeness (QED) is 0.883. The van der Waals surface area contributed by atoms with E-state index < -0.39 is 11.4 Å². The summed E-state index contributed by atoms with van der Waals surface area (Å²) in [6, 6.07) is 6.92. The SMILES string of the molecule is CC(C)(C(=O)O)c1ccc(NC(=O)C2CCOC2)cc1. The molecule has 0 aliphatic carbocycles. The van der Waals surface area contributed by atoms with Gasteiger partial charge in [-0.1, -0.05) is 12.1 Å². The third-order valence-corrected chi connectivity index (χ3v) is 3.71. The fourth-order valence-electron chi connectivity index (χ4n) is 2.08. The first-order valence-electron chi connectivity index (χ1n) is 6.64. The number of amides is 1. The molecule has 2 rings (SSSR count). The second kappa shape index (κ2) is 5.63. The maximum Gasteiger partial charge on any atom is 0.313 e. The van der Waals surface area contributed by atoms with E-state index in [9.17, 15) is 9.59 Å². The fraction of sp³-hybridized carbons (Fsp3) is 0.467. The van der Waals surface area contributed by atoms with Crippen molar-refractivity contribution in [2.24, 2.45) is 5.92 Å². The molecule has 1 aromatic rings. The number of benzene rings is 1. The van der Waals surface area contributed by atoms with Crippen LogP contribution in [0.1, 0.15) is 25.8 Å². The Balaban J connectivity index is 2.05. The van der Waals surface area contributed by atoms with Crippen LogP contribution in [0.3, 0.4) is 0 Å². The van der Waals surface area contributed by atoms with Crippen LogP contribution in [0, 0.1) is 5.92 Å². The molecule has 1 heterocycles. The number of rotatable bonds is 4. The van der Waals surface area contributed by atoms with E-state index >= 15 is 0 Å². The maximum absolute atomic E-state index is 11.9. The highest BCUT2D eigenvalue weighted by atomic mass is 16.5. The van der Waals surface area contributed by atoms with Crippen molar-refractivity contribution in [3.8, 4) is 0 Å². The van der Waals surface area contributed by atoms with Gasteiger partial charge in [0.1, 0.15) is 0 Å². The Morgan fingerprint density at radius 3 is 2.45 bits per heavy atom. The number of carboxylic acid groups (broad SMARTS) is 1. The van der Waals surface area contributed by atoms with E-state index in [1.54, 1.807) is 38.1 Å². The summed E-state index contributed by atoms with van der Waals surface area (Å²) in [4.78, 5) is 23.1. The number of aliphatic carboxylic acids is 1. The van der Waals surface area contributed by atoms with Gasteiger partial charge in [0.05, 0.1) is 17.9 Å². The number of carbonyl (C=O) groups excluding carboxylic acids is 1. The van der Waals surface area contributed by atoms with Crippen LogP contribution >= 0.6 is 0 Å². The van der Waals surface area contributed by atoms with Crippen LogP contribution in [0.25, 0.3) is 0 Å². The summed E-state index contributed by atoms with van der Waals surface area (Å²) in [6.45, 7) is 4.40. The Labute approximate surface area is 117 Å². The van der Waals surface area contributed by atoms with E-state index in [1.807, 2.05) is 0 Å². The molecule has 1 aliphatic rings. The number of hydrogen-bond acceptors (Lipinski definition) is 3. The van der Waals surface area contributed by atoms with Gasteiger partial charge in [0, 0.05) is 12.3 Å². The van der Waals surface area contributed by atoms with Gasteiger partial charge in [-0.25, -0.2) is 0 Å². The van der Waals surface area contributed by atoms with E-state index in [-0.39, 0.29) is 11.8 Å². The zero-order valence-electron chi connectivity index (χ0n) is 11.7. The highest BCUT2D eigenvalue weighted by molar-refractivity contribution is 5.92. The number of hydrogen-bond donors (Lipinski definition) is 2. The lowest BCUT2D eigenvalue weighted by Gasteiger charge is -2.20.